The highest BCUT2D eigenvalue weighted by atomic mass is 32.2. The molecule has 1 aromatic carbocycles. The zero-order valence-corrected chi connectivity index (χ0v) is 13.7. The van der Waals surface area contributed by atoms with Gasteiger partial charge in [-0.1, -0.05) is 6.92 Å². The van der Waals surface area contributed by atoms with E-state index in [0.29, 0.717) is 0 Å². The van der Waals surface area contributed by atoms with Gasteiger partial charge in [0.1, 0.15) is 6.04 Å². The summed E-state index contributed by atoms with van der Waals surface area (Å²) in [6.07, 6.45) is 0.129. The van der Waals surface area contributed by atoms with Crippen molar-refractivity contribution in [2.24, 2.45) is 0 Å². The van der Waals surface area contributed by atoms with Gasteiger partial charge in [0, 0.05) is 32.2 Å². The molecule has 0 fully saturated rings. The van der Waals surface area contributed by atoms with Gasteiger partial charge in [-0.05, 0) is 24.3 Å². The smallest absolute Gasteiger partial charge is 0.326 e. The summed E-state index contributed by atoms with van der Waals surface area (Å²) in [5, 5.41) is 11.4. The maximum absolute atomic E-state index is 12.0. The third-order valence-corrected chi connectivity index (χ3v) is 4.54. The number of nitrogens with one attached hydrogen (secondary N) is 2. The normalized spacial score (nSPS) is 12.6. The third kappa shape index (κ3) is 5.62. The molecule has 0 aromatic heterocycles. The molecule has 0 saturated carbocycles. The third-order valence-electron chi connectivity index (χ3n) is 2.98. The molecule has 0 saturated heterocycles. The van der Waals surface area contributed by atoms with Crippen LogP contribution in [0.25, 0.3) is 0 Å². The summed E-state index contributed by atoms with van der Waals surface area (Å²) < 4.78 is 30.7. The number of rotatable bonds is 9. The topological polar surface area (TPSA) is 122 Å². The predicted octanol–water partition coefficient (Wildman–Crippen LogP) is 0.204. The maximum atomic E-state index is 12.0. The fourth-order valence-corrected chi connectivity index (χ4v) is 2.83. The van der Waals surface area contributed by atoms with Crippen LogP contribution in [0, 0.1) is 0 Å². The quantitative estimate of drug-likeness (QED) is 0.588. The number of carboxylic acids is 1. The molecule has 8 nitrogen and oxygen atoms in total. The summed E-state index contributed by atoms with van der Waals surface area (Å²) >= 11 is 0. The van der Waals surface area contributed by atoms with Gasteiger partial charge in [-0.3, -0.25) is 4.79 Å². The Labute approximate surface area is 134 Å². The first kappa shape index (κ1) is 19.1. The van der Waals surface area contributed by atoms with E-state index in [2.05, 4.69) is 10.0 Å². The van der Waals surface area contributed by atoms with Crippen molar-refractivity contribution >= 4 is 21.9 Å². The second-order valence-corrected chi connectivity index (χ2v) is 6.44. The lowest BCUT2D eigenvalue weighted by atomic mass is 10.1. The van der Waals surface area contributed by atoms with E-state index >= 15 is 0 Å². The summed E-state index contributed by atoms with van der Waals surface area (Å²) in [7, 11) is -2.16. The van der Waals surface area contributed by atoms with E-state index in [4.69, 9.17) is 9.84 Å². The molecule has 0 heterocycles. The number of carbonyl (C=O) groups excluding carboxylic acids is 1. The minimum Gasteiger partial charge on any atom is -0.480 e. The summed E-state index contributed by atoms with van der Waals surface area (Å²) in [5.74, 6) is -1.76. The summed E-state index contributed by atoms with van der Waals surface area (Å²) in [6, 6.07) is 4.16. The Bertz CT molecular complexity index is 642. The molecule has 1 aromatic rings. The second kappa shape index (κ2) is 8.61. The zero-order valence-electron chi connectivity index (χ0n) is 12.9. The van der Waals surface area contributed by atoms with Crippen molar-refractivity contribution in [3.05, 3.63) is 29.8 Å². The van der Waals surface area contributed by atoms with Crippen molar-refractivity contribution in [3.63, 3.8) is 0 Å². The van der Waals surface area contributed by atoms with Crippen LogP contribution in [-0.2, 0) is 19.6 Å². The number of carboxylic acid groups (broad SMARTS) is 1. The lowest BCUT2D eigenvalue weighted by Crippen LogP contribution is -2.41. The van der Waals surface area contributed by atoms with E-state index in [0.717, 1.165) is 0 Å². The van der Waals surface area contributed by atoms with Gasteiger partial charge >= 0.3 is 5.97 Å². The molecule has 1 unspecified atom stereocenters. The van der Waals surface area contributed by atoms with Gasteiger partial charge < -0.3 is 15.2 Å². The van der Waals surface area contributed by atoms with E-state index in [1.807, 2.05) is 0 Å². The number of benzene rings is 1. The predicted molar refractivity (Wildman–Crippen MR) is 82.7 cm³/mol. The molecule has 1 atom stereocenters. The fraction of sp³-hybridized carbons (Fsp3) is 0.429. The lowest BCUT2D eigenvalue weighted by Gasteiger charge is -2.14. The van der Waals surface area contributed by atoms with Crippen molar-refractivity contribution in [1.82, 2.24) is 10.0 Å². The highest BCUT2D eigenvalue weighted by Gasteiger charge is 2.21. The van der Waals surface area contributed by atoms with Gasteiger partial charge in [0.05, 0.1) is 4.90 Å². The summed E-state index contributed by atoms with van der Waals surface area (Å²) in [6.45, 7) is 2.10. The number of carbonyl (C=O) groups is 2. The number of hydrogen-bond donors (Lipinski definition) is 3. The molecular weight excluding hydrogens is 324 g/mol. The van der Waals surface area contributed by atoms with Crippen LogP contribution in [0.5, 0.6) is 0 Å². The van der Waals surface area contributed by atoms with Gasteiger partial charge in [0.15, 0.2) is 0 Å². The average Bonchev–Trinajstić information content (AvgIpc) is 2.51. The molecule has 0 spiro atoms. The van der Waals surface area contributed by atoms with Crippen LogP contribution in [-0.4, -0.2) is 51.7 Å². The Morgan fingerprint density at radius 1 is 1.26 bits per heavy atom. The first-order valence-electron chi connectivity index (χ1n) is 6.94. The molecule has 0 aliphatic rings. The molecule has 128 valence electrons. The first-order chi connectivity index (χ1) is 10.8. The van der Waals surface area contributed by atoms with Crippen LogP contribution in [0.15, 0.2) is 29.2 Å². The molecule has 3 N–H and O–H groups in total. The Hall–Kier alpha value is -1.97. The van der Waals surface area contributed by atoms with Gasteiger partial charge in [-0.15, -0.1) is 0 Å². The Morgan fingerprint density at radius 3 is 2.35 bits per heavy atom. The average molecular weight is 344 g/mol. The standard InChI is InChI=1S/C14H20N2O6S/c1-3-15-23(20,21)11-6-4-10(5-7-11)13(17)16-12(14(18)19)8-9-22-2/h4-7,12,15H,3,8-9H2,1-2H3,(H,16,17)(H,18,19). The Kier molecular flexibility index (Phi) is 7.14. The molecule has 0 aliphatic heterocycles. The minimum atomic E-state index is -3.59. The Balaban J connectivity index is 2.83. The van der Waals surface area contributed by atoms with E-state index in [9.17, 15) is 18.0 Å². The van der Waals surface area contributed by atoms with Crippen LogP contribution in [0.4, 0.5) is 0 Å². The second-order valence-electron chi connectivity index (χ2n) is 4.67. The number of sulfonamides is 1. The van der Waals surface area contributed by atoms with E-state index in [-0.39, 0.29) is 30.0 Å². The molecule has 23 heavy (non-hydrogen) atoms. The summed E-state index contributed by atoms with van der Waals surface area (Å²) in [4.78, 5) is 23.1. The van der Waals surface area contributed by atoms with Crippen LogP contribution in [0.2, 0.25) is 0 Å². The number of aliphatic carboxylic acids is 1. The minimum absolute atomic E-state index is 0.0325. The molecule has 1 amide bonds. The fourth-order valence-electron chi connectivity index (χ4n) is 1.79. The van der Waals surface area contributed by atoms with Crippen LogP contribution >= 0.6 is 0 Å². The van der Waals surface area contributed by atoms with E-state index in [1.54, 1.807) is 6.92 Å². The number of ether oxygens (including phenoxy) is 1. The first-order valence-corrected chi connectivity index (χ1v) is 8.42. The largest absolute Gasteiger partial charge is 0.480 e. The molecule has 0 aliphatic carbocycles. The molecule has 1 rings (SSSR count). The number of amides is 1. The van der Waals surface area contributed by atoms with Crippen LogP contribution in [0.1, 0.15) is 23.7 Å². The van der Waals surface area contributed by atoms with Gasteiger partial charge in [0.25, 0.3) is 5.91 Å². The van der Waals surface area contributed by atoms with Crippen LogP contribution < -0.4 is 10.0 Å². The van der Waals surface area contributed by atoms with Crippen molar-refractivity contribution in [2.75, 3.05) is 20.3 Å². The van der Waals surface area contributed by atoms with E-state index in [1.165, 1.54) is 31.4 Å². The van der Waals surface area contributed by atoms with E-state index < -0.39 is 27.9 Å². The monoisotopic (exact) mass is 344 g/mol. The SMILES string of the molecule is CCNS(=O)(=O)c1ccc(C(=O)NC(CCOC)C(=O)O)cc1. The molecule has 0 radical (unpaired) electrons. The molecule has 0 bridgehead atoms. The van der Waals surface area contributed by atoms with Gasteiger partial charge in [-0.25, -0.2) is 17.9 Å². The highest BCUT2D eigenvalue weighted by Crippen LogP contribution is 2.11. The number of hydrogen-bond acceptors (Lipinski definition) is 5. The van der Waals surface area contributed by atoms with Gasteiger partial charge in [-0.2, -0.15) is 0 Å². The van der Waals surface area contributed by atoms with Crippen LogP contribution in [0.3, 0.4) is 0 Å². The molecular formula is C14H20N2O6S. The van der Waals surface area contributed by atoms with Crippen molar-refractivity contribution < 1.29 is 27.9 Å². The summed E-state index contributed by atoms with van der Waals surface area (Å²) in [5.41, 5.74) is 0.170. The Morgan fingerprint density at radius 2 is 1.87 bits per heavy atom. The van der Waals surface area contributed by atoms with Crippen molar-refractivity contribution in [2.45, 2.75) is 24.3 Å². The van der Waals surface area contributed by atoms with Crippen molar-refractivity contribution in [1.29, 1.82) is 0 Å². The zero-order chi connectivity index (χ0) is 17.5. The van der Waals surface area contributed by atoms with Gasteiger partial charge in [0.2, 0.25) is 10.0 Å². The maximum Gasteiger partial charge on any atom is 0.326 e. The van der Waals surface area contributed by atoms with Crippen molar-refractivity contribution in [3.8, 4) is 0 Å². The molecule has 9 heteroatoms. The lowest BCUT2D eigenvalue weighted by molar-refractivity contribution is -0.139. The highest BCUT2D eigenvalue weighted by molar-refractivity contribution is 7.89. The number of methoxy groups -OCH3 is 1.